The summed E-state index contributed by atoms with van der Waals surface area (Å²) in [5.74, 6) is -1.26. The van der Waals surface area contributed by atoms with E-state index in [-0.39, 0.29) is 82.8 Å². The maximum absolute atomic E-state index is 13.2. The highest BCUT2D eigenvalue weighted by molar-refractivity contribution is 5.89. The van der Waals surface area contributed by atoms with E-state index in [1.165, 1.54) is 4.90 Å². The monoisotopic (exact) mass is 680 g/mol. The van der Waals surface area contributed by atoms with Gasteiger partial charge in [0.2, 0.25) is 17.7 Å². The van der Waals surface area contributed by atoms with E-state index < -0.39 is 36.1 Å². The van der Waals surface area contributed by atoms with Crippen molar-refractivity contribution < 1.29 is 38.9 Å². The van der Waals surface area contributed by atoms with Crippen molar-refractivity contribution in [3.05, 3.63) is 66.2 Å². The number of carbonyl (C=O) groups is 5. The van der Waals surface area contributed by atoms with E-state index in [9.17, 15) is 34.2 Å². The van der Waals surface area contributed by atoms with Gasteiger partial charge in [-0.15, -0.1) is 0 Å². The first-order chi connectivity index (χ1) is 23.7. The second kappa shape index (κ2) is 19.3. The van der Waals surface area contributed by atoms with Gasteiger partial charge in [-0.05, 0) is 55.2 Å². The molecular weight excluding hydrogens is 632 g/mol. The van der Waals surface area contributed by atoms with Gasteiger partial charge in [-0.2, -0.15) is 0 Å². The Morgan fingerprint density at radius 2 is 1.53 bits per heavy atom. The molecule has 2 fully saturated rings. The number of amides is 6. The van der Waals surface area contributed by atoms with E-state index in [0.717, 1.165) is 5.56 Å². The quantitative estimate of drug-likeness (QED) is 0.266. The van der Waals surface area contributed by atoms with Crippen molar-refractivity contribution in [2.24, 2.45) is 11.8 Å². The number of ether oxygens (including phenoxy) is 1. The normalized spacial score (nSPS) is 23.2. The number of para-hydroxylation sites is 1. The summed E-state index contributed by atoms with van der Waals surface area (Å²) >= 11 is 0. The number of nitrogens with one attached hydrogen (secondary N) is 4. The Balaban J connectivity index is 1.37. The van der Waals surface area contributed by atoms with Crippen LogP contribution in [-0.2, 0) is 25.7 Å². The van der Waals surface area contributed by atoms with Gasteiger partial charge in [-0.3, -0.25) is 14.4 Å². The highest BCUT2D eigenvalue weighted by Gasteiger charge is 2.33. The molecule has 0 aliphatic carbocycles. The van der Waals surface area contributed by atoms with E-state index in [0.29, 0.717) is 31.6 Å². The van der Waals surface area contributed by atoms with Crippen molar-refractivity contribution in [1.29, 1.82) is 0 Å². The molecule has 2 aliphatic rings. The van der Waals surface area contributed by atoms with E-state index in [1.54, 1.807) is 29.2 Å². The van der Waals surface area contributed by atoms with Gasteiger partial charge in [0.05, 0.1) is 25.2 Å². The average Bonchev–Trinajstić information content (AvgIpc) is 3.07. The van der Waals surface area contributed by atoms with Gasteiger partial charge in [0, 0.05) is 51.4 Å². The second-order valence-corrected chi connectivity index (χ2v) is 12.6. The number of piperidine rings is 1. The van der Waals surface area contributed by atoms with Crippen molar-refractivity contribution in [3.63, 3.8) is 0 Å². The summed E-state index contributed by atoms with van der Waals surface area (Å²) in [6.45, 7) is 1.16. The molecule has 14 heteroatoms. The number of nitrogens with zero attached hydrogens (tertiary/aromatic N) is 2. The van der Waals surface area contributed by atoms with Crippen LogP contribution in [0.15, 0.2) is 60.7 Å². The molecule has 14 nitrogen and oxygen atoms in total. The molecule has 0 unspecified atom stereocenters. The first-order valence-corrected chi connectivity index (χ1v) is 16.9. The van der Waals surface area contributed by atoms with E-state index >= 15 is 0 Å². The summed E-state index contributed by atoms with van der Waals surface area (Å²) in [7, 11) is 0. The lowest BCUT2D eigenvalue weighted by molar-refractivity contribution is -0.138. The zero-order chi connectivity index (χ0) is 35.0. The number of benzene rings is 2. The minimum atomic E-state index is -1.16. The molecule has 0 spiro atoms. The highest BCUT2D eigenvalue weighted by atomic mass is 16.6. The number of fused-ring (bicyclic) bond motifs is 1. The zero-order valence-corrected chi connectivity index (χ0v) is 27.7. The van der Waals surface area contributed by atoms with Crippen LogP contribution in [0.1, 0.15) is 44.1 Å². The molecule has 4 rings (SSSR count). The molecule has 2 aromatic rings. The topological polar surface area (TPSA) is 190 Å². The summed E-state index contributed by atoms with van der Waals surface area (Å²) in [6, 6.07) is 17.8. The lowest BCUT2D eigenvalue weighted by atomic mass is 9.81. The number of likely N-dealkylation sites (tertiary alicyclic amines) is 1. The molecule has 2 aliphatic heterocycles. The molecule has 0 aromatic heterocycles. The van der Waals surface area contributed by atoms with Gasteiger partial charge < -0.3 is 46.0 Å². The van der Waals surface area contributed by atoms with E-state index in [2.05, 4.69) is 21.3 Å². The van der Waals surface area contributed by atoms with E-state index in [4.69, 9.17) is 4.74 Å². The lowest BCUT2D eigenvalue weighted by Crippen LogP contribution is -2.47. The van der Waals surface area contributed by atoms with Crippen LogP contribution in [0.4, 0.5) is 15.3 Å². The van der Waals surface area contributed by atoms with Crippen LogP contribution in [0, 0.1) is 11.8 Å². The summed E-state index contributed by atoms with van der Waals surface area (Å²) in [6.07, 6.45) is -1.48. The van der Waals surface area contributed by atoms with Crippen LogP contribution in [-0.4, -0.2) is 108 Å². The number of hydrogen-bond acceptors (Lipinski definition) is 8. The molecule has 2 saturated heterocycles. The molecule has 49 heavy (non-hydrogen) atoms. The zero-order valence-electron chi connectivity index (χ0n) is 27.7. The van der Waals surface area contributed by atoms with Crippen molar-refractivity contribution in [2.75, 3.05) is 51.1 Å². The molecule has 0 bridgehead atoms. The number of anilines is 1. The van der Waals surface area contributed by atoms with Gasteiger partial charge in [-0.1, -0.05) is 48.5 Å². The molecule has 4 atom stereocenters. The summed E-state index contributed by atoms with van der Waals surface area (Å²) < 4.78 is 5.55. The van der Waals surface area contributed by atoms with Gasteiger partial charge in [-0.25, -0.2) is 9.59 Å². The SMILES string of the molecule is O=C1C[C@@H]2CCN(C(=O)OCc3ccccc3)C[C@@H]2CCNC(=O)CN(CCNC(=O)Nc2ccccc2)C(=O)C[C@H](O)C[C@H](O)CCN1. The fourth-order valence-corrected chi connectivity index (χ4v) is 6.11. The van der Waals surface area contributed by atoms with Crippen LogP contribution in [0.2, 0.25) is 0 Å². The summed E-state index contributed by atoms with van der Waals surface area (Å²) in [4.78, 5) is 67.3. The largest absolute Gasteiger partial charge is 0.445 e. The van der Waals surface area contributed by atoms with Crippen molar-refractivity contribution in [3.8, 4) is 0 Å². The van der Waals surface area contributed by atoms with Crippen LogP contribution >= 0.6 is 0 Å². The van der Waals surface area contributed by atoms with Gasteiger partial charge >= 0.3 is 12.1 Å². The molecule has 6 N–H and O–H groups in total. The molecule has 266 valence electrons. The second-order valence-electron chi connectivity index (χ2n) is 12.6. The lowest BCUT2D eigenvalue weighted by Gasteiger charge is -2.38. The Morgan fingerprint density at radius 1 is 0.837 bits per heavy atom. The van der Waals surface area contributed by atoms with Gasteiger partial charge in [0.25, 0.3) is 0 Å². The Kier molecular flexibility index (Phi) is 14.7. The fourth-order valence-electron chi connectivity index (χ4n) is 6.11. The van der Waals surface area contributed by atoms with Crippen LogP contribution < -0.4 is 21.3 Å². The third kappa shape index (κ3) is 13.0. The maximum Gasteiger partial charge on any atom is 0.410 e. The van der Waals surface area contributed by atoms with Gasteiger partial charge in [0.15, 0.2) is 0 Å². The average molecular weight is 681 g/mol. The molecule has 6 amide bonds. The Bertz CT molecular complexity index is 1380. The number of hydrogen-bond donors (Lipinski definition) is 6. The predicted molar refractivity (Wildman–Crippen MR) is 181 cm³/mol. The van der Waals surface area contributed by atoms with Crippen molar-refractivity contribution in [2.45, 2.75) is 57.3 Å². The maximum atomic E-state index is 13.2. The first kappa shape index (κ1) is 37.1. The predicted octanol–water partition coefficient (Wildman–Crippen LogP) is 1.83. The highest BCUT2D eigenvalue weighted by Crippen LogP contribution is 2.29. The minimum absolute atomic E-state index is 0.0144. The smallest absolute Gasteiger partial charge is 0.410 e. The number of aliphatic hydroxyl groups is 2. The molecule has 2 aromatic carbocycles. The van der Waals surface area contributed by atoms with E-state index in [1.807, 2.05) is 36.4 Å². The van der Waals surface area contributed by atoms with Gasteiger partial charge in [0.1, 0.15) is 6.61 Å². The number of urea groups is 1. The van der Waals surface area contributed by atoms with Crippen molar-refractivity contribution >= 4 is 35.5 Å². The third-order valence-electron chi connectivity index (χ3n) is 8.78. The van der Waals surface area contributed by atoms with Crippen LogP contribution in [0.3, 0.4) is 0 Å². The number of carbonyl (C=O) groups excluding carboxylic acids is 5. The Morgan fingerprint density at radius 3 is 2.29 bits per heavy atom. The molecule has 2 heterocycles. The number of aliphatic hydroxyl groups excluding tert-OH is 2. The molecule has 0 saturated carbocycles. The standard InChI is InChI=1S/C35H48N6O8/c42-29-12-15-36-31(44)19-26-13-17-41(35(48)49-24-25-7-3-1-4-8-25)22-27(26)11-14-37-32(45)23-40(33(46)21-30(43)20-29)18-16-38-34(47)39-28-9-5-2-6-10-28/h1-10,26-27,29-30,42-43H,11-24H2,(H,36,44)(H,37,45)(H2,38,39,47)/t26-,27-,29+,30+/m0/s1. The first-order valence-electron chi connectivity index (χ1n) is 16.9. The Hall–Kier alpha value is -4.69. The fraction of sp³-hybridized carbons (Fsp3) is 0.514. The van der Waals surface area contributed by atoms with Crippen LogP contribution in [0.5, 0.6) is 0 Å². The summed E-state index contributed by atoms with van der Waals surface area (Å²) in [5.41, 5.74) is 1.47. The summed E-state index contributed by atoms with van der Waals surface area (Å²) in [5, 5.41) is 32.0. The van der Waals surface area contributed by atoms with Crippen molar-refractivity contribution in [1.82, 2.24) is 25.8 Å². The third-order valence-corrected chi connectivity index (χ3v) is 8.78. The Labute approximate surface area is 286 Å². The minimum Gasteiger partial charge on any atom is -0.445 e. The number of rotatable bonds is 6. The molecule has 0 radical (unpaired) electrons. The van der Waals surface area contributed by atoms with Crippen LogP contribution in [0.25, 0.3) is 0 Å². The molecular formula is C35H48N6O8.